The molecule has 35 heavy (non-hydrogen) atoms. The summed E-state index contributed by atoms with van der Waals surface area (Å²) in [7, 11) is 3.74. The van der Waals surface area contributed by atoms with Crippen LogP contribution in [-0.2, 0) is 33.3 Å². The molecule has 0 bridgehead atoms. The van der Waals surface area contributed by atoms with E-state index in [4.69, 9.17) is 23.7 Å². The Labute approximate surface area is 206 Å². The van der Waals surface area contributed by atoms with Gasteiger partial charge in [-0.1, -0.05) is 59.8 Å². The molecule has 2 atom stereocenters. The van der Waals surface area contributed by atoms with Crippen LogP contribution in [0.5, 0.6) is 5.75 Å². The molecule has 1 aromatic rings. The third-order valence-electron chi connectivity index (χ3n) is 6.36. The molecule has 1 fully saturated rings. The monoisotopic (exact) mass is 486 g/mol. The van der Waals surface area contributed by atoms with E-state index in [0.29, 0.717) is 16.9 Å². The number of ketones is 1. The van der Waals surface area contributed by atoms with Gasteiger partial charge in [0, 0.05) is 5.56 Å². The van der Waals surface area contributed by atoms with Crippen LogP contribution in [0, 0.1) is 10.8 Å². The van der Waals surface area contributed by atoms with Crippen molar-refractivity contribution in [2.75, 3.05) is 21.3 Å². The summed E-state index contributed by atoms with van der Waals surface area (Å²) < 4.78 is 27.9. The van der Waals surface area contributed by atoms with Gasteiger partial charge in [0.1, 0.15) is 5.75 Å². The quantitative estimate of drug-likeness (QED) is 0.464. The fourth-order valence-corrected chi connectivity index (χ4v) is 4.53. The standard InChI is InChI=1S/C27H34O8/c1-24(2,3)17-14-19(25(4,5)6)26(20(28)15-17)27(22(29)32-8,23(30)33-9)35-21(34-26)16-11-10-12-18(13-16)31-7/h10-15,21H,1-9H3/t21-,26+/m1/s1. The molecule has 3 rings (SSSR count). The fourth-order valence-electron chi connectivity index (χ4n) is 4.53. The lowest BCUT2D eigenvalue weighted by molar-refractivity contribution is -0.191. The second kappa shape index (κ2) is 8.91. The Morgan fingerprint density at radius 2 is 1.49 bits per heavy atom. The highest BCUT2D eigenvalue weighted by Gasteiger charge is 2.78. The van der Waals surface area contributed by atoms with Crippen molar-refractivity contribution >= 4 is 17.7 Å². The average molecular weight is 487 g/mol. The third kappa shape index (κ3) is 4.08. The van der Waals surface area contributed by atoms with Crippen LogP contribution in [-0.4, -0.2) is 50.3 Å². The number of hydrogen-bond donors (Lipinski definition) is 0. The highest BCUT2D eigenvalue weighted by Crippen LogP contribution is 2.57. The molecule has 0 saturated carbocycles. The van der Waals surface area contributed by atoms with Crippen LogP contribution < -0.4 is 4.74 Å². The van der Waals surface area contributed by atoms with Crippen LogP contribution in [0.15, 0.2) is 47.6 Å². The van der Waals surface area contributed by atoms with E-state index in [2.05, 4.69) is 0 Å². The zero-order chi connectivity index (χ0) is 26.4. The summed E-state index contributed by atoms with van der Waals surface area (Å²) in [6.45, 7) is 11.5. The Bertz CT molecular complexity index is 1080. The van der Waals surface area contributed by atoms with Crippen molar-refractivity contribution in [2.45, 2.75) is 59.0 Å². The van der Waals surface area contributed by atoms with Crippen molar-refractivity contribution in [2.24, 2.45) is 10.8 Å². The maximum Gasteiger partial charge on any atom is 0.354 e. The fraction of sp³-hybridized carbons (Fsp3) is 0.519. The third-order valence-corrected chi connectivity index (χ3v) is 6.36. The van der Waals surface area contributed by atoms with Crippen LogP contribution in [0.25, 0.3) is 0 Å². The van der Waals surface area contributed by atoms with E-state index in [1.54, 1.807) is 24.3 Å². The lowest BCUT2D eigenvalue weighted by atomic mass is 9.62. The molecule has 0 aromatic heterocycles. The highest BCUT2D eigenvalue weighted by molar-refractivity contribution is 6.17. The van der Waals surface area contributed by atoms with Gasteiger partial charge in [-0.3, -0.25) is 4.79 Å². The zero-order valence-corrected chi connectivity index (χ0v) is 21.8. The predicted molar refractivity (Wildman–Crippen MR) is 127 cm³/mol. The molecule has 1 heterocycles. The molecular formula is C27H34O8. The van der Waals surface area contributed by atoms with Gasteiger partial charge in [0.05, 0.1) is 21.3 Å². The molecule has 0 radical (unpaired) electrons. The predicted octanol–water partition coefficient (Wildman–Crippen LogP) is 4.09. The average Bonchev–Trinajstić information content (AvgIpc) is 3.15. The first kappa shape index (κ1) is 26.6. The van der Waals surface area contributed by atoms with Gasteiger partial charge >= 0.3 is 17.5 Å². The minimum Gasteiger partial charge on any atom is -0.497 e. The minimum absolute atomic E-state index is 0.390. The van der Waals surface area contributed by atoms with Crippen LogP contribution in [0.4, 0.5) is 0 Å². The number of esters is 2. The summed E-state index contributed by atoms with van der Waals surface area (Å²) in [5.41, 5.74) is -4.23. The first-order valence-corrected chi connectivity index (χ1v) is 11.3. The van der Waals surface area contributed by atoms with Crippen LogP contribution in [0.3, 0.4) is 0 Å². The summed E-state index contributed by atoms with van der Waals surface area (Å²) in [5.74, 6) is -2.28. The topological polar surface area (TPSA) is 97.4 Å². The molecule has 2 aliphatic rings. The van der Waals surface area contributed by atoms with E-state index >= 15 is 0 Å². The van der Waals surface area contributed by atoms with Gasteiger partial charge in [0.15, 0.2) is 12.1 Å². The Morgan fingerprint density at radius 1 is 0.886 bits per heavy atom. The van der Waals surface area contributed by atoms with Crippen molar-refractivity contribution in [3.05, 3.63) is 53.1 Å². The number of carbonyl (C=O) groups is 3. The SMILES string of the molecule is COC(=O)C1(C(=O)OC)O[C@H](c2cccc(OC)c2)O[C@@]12C(=O)C=C(C(C)(C)C)C=C2C(C)(C)C. The van der Waals surface area contributed by atoms with Gasteiger partial charge in [0.2, 0.25) is 5.60 Å². The molecule has 1 aliphatic heterocycles. The Morgan fingerprint density at radius 3 is 1.97 bits per heavy atom. The number of allylic oxidation sites excluding steroid dienone is 2. The summed E-state index contributed by atoms with van der Waals surface area (Å²) >= 11 is 0. The van der Waals surface area contributed by atoms with Gasteiger partial charge in [0.25, 0.3) is 0 Å². The first-order chi connectivity index (χ1) is 16.2. The van der Waals surface area contributed by atoms with Crippen LogP contribution in [0.1, 0.15) is 53.4 Å². The number of benzene rings is 1. The number of rotatable bonds is 4. The number of hydrogen-bond acceptors (Lipinski definition) is 8. The van der Waals surface area contributed by atoms with Crippen molar-refractivity contribution < 1.29 is 38.1 Å². The van der Waals surface area contributed by atoms with Gasteiger partial charge in [-0.15, -0.1) is 0 Å². The van der Waals surface area contributed by atoms with E-state index in [-0.39, 0.29) is 0 Å². The maximum atomic E-state index is 14.1. The van der Waals surface area contributed by atoms with E-state index in [9.17, 15) is 14.4 Å². The molecule has 0 unspecified atom stereocenters. The van der Waals surface area contributed by atoms with Crippen molar-refractivity contribution in [1.82, 2.24) is 0 Å². The van der Waals surface area contributed by atoms with Crippen molar-refractivity contribution in [3.63, 3.8) is 0 Å². The highest BCUT2D eigenvalue weighted by atomic mass is 16.8. The summed E-state index contributed by atoms with van der Waals surface area (Å²) in [5, 5.41) is 0. The minimum atomic E-state index is -2.54. The molecule has 8 nitrogen and oxygen atoms in total. The summed E-state index contributed by atoms with van der Waals surface area (Å²) in [6.07, 6.45) is 1.95. The maximum absolute atomic E-state index is 14.1. The molecule has 1 aliphatic carbocycles. The largest absolute Gasteiger partial charge is 0.497 e. The van der Waals surface area contributed by atoms with E-state index in [1.807, 2.05) is 47.6 Å². The Kier molecular flexibility index (Phi) is 6.78. The zero-order valence-electron chi connectivity index (χ0n) is 21.8. The second-order valence-corrected chi connectivity index (χ2v) is 10.7. The molecule has 8 heteroatoms. The molecular weight excluding hydrogens is 452 g/mol. The van der Waals surface area contributed by atoms with Gasteiger partial charge in [-0.2, -0.15) is 0 Å². The van der Waals surface area contributed by atoms with E-state index in [1.165, 1.54) is 13.2 Å². The lowest BCUT2D eigenvalue weighted by Crippen LogP contribution is -2.69. The first-order valence-electron chi connectivity index (χ1n) is 11.3. The molecule has 1 saturated heterocycles. The van der Waals surface area contributed by atoms with Gasteiger partial charge in [-0.25, -0.2) is 9.59 Å². The van der Waals surface area contributed by atoms with Gasteiger partial charge in [-0.05, 0) is 40.2 Å². The Balaban J connectivity index is 2.39. The molecule has 190 valence electrons. The molecule has 1 aromatic carbocycles. The number of ether oxygens (including phenoxy) is 5. The van der Waals surface area contributed by atoms with E-state index < -0.39 is 46.0 Å². The van der Waals surface area contributed by atoms with E-state index in [0.717, 1.165) is 19.8 Å². The van der Waals surface area contributed by atoms with Crippen molar-refractivity contribution in [1.29, 1.82) is 0 Å². The van der Waals surface area contributed by atoms with Crippen molar-refractivity contribution in [3.8, 4) is 5.75 Å². The number of methoxy groups -OCH3 is 3. The summed E-state index contributed by atoms with van der Waals surface area (Å²) in [6, 6.07) is 6.78. The van der Waals surface area contributed by atoms with Crippen LogP contribution in [0.2, 0.25) is 0 Å². The van der Waals surface area contributed by atoms with Crippen LogP contribution >= 0.6 is 0 Å². The lowest BCUT2D eigenvalue weighted by Gasteiger charge is -2.45. The molecule has 1 spiro atoms. The Hall–Kier alpha value is -2.97. The van der Waals surface area contributed by atoms with Gasteiger partial charge < -0.3 is 23.7 Å². The second-order valence-electron chi connectivity index (χ2n) is 10.7. The molecule has 0 amide bonds. The summed E-state index contributed by atoms with van der Waals surface area (Å²) in [4.78, 5) is 41.0. The normalized spacial score (nSPS) is 24.0. The number of carbonyl (C=O) groups excluding carboxylic acids is 3. The molecule has 0 N–H and O–H groups in total. The smallest absolute Gasteiger partial charge is 0.354 e.